The Bertz CT molecular complexity index is 376. The minimum absolute atomic E-state index is 0.0343. The van der Waals surface area contributed by atoms with E-state index in [2.05, 4.69) is 5.32 Å². The smallest absolute Gasteiger partial charge is 0.220 e. The SMILES string of the molecule is CC(=O)CCNC(=O)CCCOc1ccccc1. The van der Waals surface area contributed by atoms with Crippen molar-refractivity contribution >= 4 is 11.7 Å². The van der Waals surface area contributed by atoms with E-state index >= 15 is 0 Å². The number of rotatable bonds is 8. The monoisotopic (exact) mass is 249 g/mol. The molecule has 0 aliphatic carbocycles. The molecule has 0 aromatic heterocycles. The van der Waals surface area contributed by atoms with Crippen molar-refractivity contribution in [1.82, 2.24) is 5.32 Å². The van der Waals surface area contributed by atoms with Gasteiger partial charge in [0, 0.05) is 19.4 Å². The summed E-state index contributed by atoms with van der Waals surface area (Å²) in [6.45, 7) is 2.46. The summed E-state index contributed by atoms with van der Waals surface area (Å²) in [5.41, 5.74) is 0. The Morgan fingerprint density at radius 1 is 1.17 bits per heavy atom. The second kappa shape index (κ2) is 8.28. The number of ether oxygens (including phenoxy) is 1. The van der Waals surface area contributed by atoms with Crippen molar-refractivity contribution in [2.75, 3.05) is 13.2 Å². The van der Waals surface area contributed by atoms with E-state index in [9.17, 15) is 9.59 Å². The number of nitrogens with one attached hydrogen (secondary N) is 1. The highest BCUT2D eigenvalue weighted by Gasteiger charge is 2.01. The summed E-state index contributed by atoms with van der Waals surface area (Å²) < 4.78 is 5.46. The van der Waals surface area contributed by atoms with Gasteiger partial charge in [-0.3, -0.25) is 9.59 Å². The van der Waals surface area contributed by atoms with E-state index in [0.29, 0.717) is 32.4 Å². The molecule has 0 saturated carbocycles. The Morgan fingerprint density at radius 3 is 2.56 bits per heavy atom. The molecule has 0 heterocycles. The Hall–Kier alpha value is -1.84. The third-order valence-electron chi connectivity index (χ3n) is 2.36. The van der Waals surface area contributed by atoms with Crippen LogP contribution in [0.2, 0.25) is 0 Å². The van der Waals surface area contributed by atoms with E-state index in [4.69, 9.17) is 4.74 Å². The van der Waals surface area contributed by atoms with Crippen molar-refractivity contribution in [3.05, 3.63) is 30.3 Å². The van der Waals surface area contributed by atoms with Crippen LogP contribution in [0.3, 0.4) is 0 Å². The quantitative estimate of drug-likeness (QED) is 0.716. The maximum absolute atomic E-state index is 11.4. The second-order valence-electron chi connectivity index (χ2n) is 4.07. The highest BCUT2D eigenvalue weighted by atomic mass is 16.5. The van der Waals surface area contributed by atoms with E-state index in [1.165, 1.54) is 6.92 Å². The third kappa shape index (κ3) is 6.68. The fourth-order valence-electron chi connectivity index (χ4n) is 1.41. The molecular weight excluding hydrogens is 230 g/mol. The Morgan fingerprint density at radius 2 is 1.89 bits per heavy atom. The summed E-state index contributed by atoms with van der Waals surface area (Å²) in [5.74, 6) is 0.866. The highest BCUT2D eigenvalue weighted by molar-refractivity contribution is 5.78. The van der Waals surface area contributed by atoms with Crippen LogP contribution in [0.1, 0.15) is 26.2 Å². The average Bonchev–Trinajstić information content (AvgIpc) is 2.35. The number of para-hydroxylation sites is 1. The second-order valence-corrected chi connectivity index (χ2v) is 4.07. The van der Waals surface area contributed by atoms with Gasteiger partial charge in [0.1, 0.15) is 11.5 Å². The van der Waals surface area contributed by atoms with Gasteiger partial charge in [0.05, 0.1) is 6.61 Å². The van der Waals surface area contributed by atoms with Crippen molar-refractivity contribution in [2.45, 2.75) is 26.2 Å². The lowest BCUT2D eigenvalue weighted by Gasteiger charge is -2.06. The standard InChI is InChI=1S/C14H19NO3/c1-12(16)9-10-15-14(17)8-5-11-18-13-6-3-2-4-7-13/h2-4,6-7H,5,8-11H2,1H3,(H,15,17). The van der Waals surface area contributed by atoms with Crippen LogP contribution in [0.25, 0.3) is 0 Å². The predicted molar refractivity (Wildman–Crippen MR) is 69.5 cm³/mol. The summed E-state index contributed by atoms with van der Waals surface area (Å²) >= 11 is 0. The van der Waals surface area contributed by atoms with Crippen LogP contribution in [0.15, 0.2) is 30.3 Å². The van der Waals surface area contributed by atoms with Gasteiger partial charge in [-0.2, -0.15) is 0 Å². The molecule has 0 fully saturated rings. The van der Waals surface area contributed by atoms with Crippen molar-refractivity contribution in [2.24, 2.45) is 0 Å². The Kier molecular flexibility index (Phi) is 6.54. The lowest BCUT2D eigenvalue weighted by atomic mass is 10.3. The normalized spacial score (nSPS) is 9.83. The van der Waals surface area contributed by atoms with Gasteiger partial charge in [-0.15, -0.1) is 0 Å². The van der Waals surface area contributed by atoms with Crippen molar-refractivity contribution in [3.8, 4) is 5.75 Å². The van der Waals surface area contributed by atoms with Crippen LogP contribution in [0, 0.1) is 0 Å². The zero-order valence-electron chi connectivity index (χ0n) is 10.6. The van der Waals surface area contributed by atoms with Gasteiger partial charge in [-0.25, -0.2) is 0 Å². The number of ketones is 1. The van der Waals surface area contributed by atoms with Gasteiger partial charge in [-0.05, 0) is 25.5 Å². The van der Waals surface area contributed by atoms with E-state index in [-0.39, 0.29) is 11.7 Å². The zero-order valence-corrected chi connectivity index (χ0v) is 10.6. The minimum Gasteiger partial charge on any atom is -0.494 e. The molecule has 1 aromatic carbocycles. The molecule has 18 heavy (non-hydrogen) atoms. The van der Waals surface area contributed by atoms with Crippen LogP contribution < -0.4 is 10.1 Å². The van der Waals surface area contributed by atoms with Gasteiger partial charge in [-0.1, -0.05) is 18.2 Å². The van der Waals surface area contributed by atoms with E-state index < -0.39 is 0 Å². The number of carbonyl (C=O) groups is 2. The van der Waals surface area contributed by atoms with Crippen LogP contribution >= 0.6 is 0 Å². The first-order chi connectivity index (χ1) is 8.68. The molecule has 0 unspecified atom stereocenters. The molecule has 4 heteroatoms. The molecule has 1 aromatic rings. The maximum Gasteiger partial charge on any atom is 0.220 e. The number of hydrogen-bond donors (Lipinski definition) is 1. The molecule has 0 spiro atoms. The summed E-state index contributed by atoms with van der Waals surface area (Å²) in [7, 11) is 0. The molecule has 0 aliphatic rings. The van der Waals surface area contributed by atoms with Crippen molar-refractivity contribution in [1.29, 1.82) is 0 Å². The topological polar surface area (TPSA) is 55.4 Å². The fourth-order valence-corrected chi connectivity index (χ4v) is 1.41. The third-order valence-corrected chi connectivity index (χ3v) is 2.36. The first-order valence-corrected chi connectivity index (χ1v) is 6.12. The Balaban J connectivity index is 2.04. The molecule has 4 nitrogen and oxygen atoms in total. The van der Waals surface area contributed by atoms with Crippen LogP contribution in [-0.4, -0.2) is 24.8 Å². The molecule has 98 valence electrons. The summed E-state index contributed by atoms with van der Waals surface area (Å²) in [6.07, 6.45) is 1.48. The number of amides is 1. The van der Waals surface area contributed by atoms with Gasteiger partial charge < -0.3 is 10.1 Å². The molecule has 0 atom stereocenters. The molecule has 0 bridgehead atoms. The summed E-state index contributed by atoms with van der Waals surface area (Å²) in [4.78, 5) is 22.0. The lowest BCUT2D eigenvalue weighted by molar-refractivity contribution is -0.121. The van der Waals surface area contributed by atoms with Gasteiger partial charge in [0.25, 0.3) is 0 Å². The van der Waals surface area contributed by atoms with Gasteiger partial charge in [0.2, 0.25) is 5.91 Å². The largest absolute Gasteiger partial charge is 0.494 e. The first-order valence-electron chi connectivity index (χ1n) is 6.12. The van der Waals surface area contributed by atoms with Crippen molar-refractivity contribution in [3.63, 3.8) is 0 Å². The molecule has 0 aliphatic heterocycles. The van der Waals surface area contributed by atoms with Crippen LogP contribution in [0.4, 0.5) is 0 Å². The molecule has 0 saturated heterocycles. The molecule has 1 rings (SSSR count). The van der Waals surface area contributed by atoms with E-state index in [1.54, 1.807) is 0 Å². The molecule has 1 N–H and O–H groups in total. The predicted octanol–water partition coefficient (Wildman–Crippen LogP) is 1.94. The summed E-state index contributed by atoms with van der Waals surface area (Å²) in [5, 5.41) is 2.70. The Labute approximate surface area is 107 Å². The first kappa shape index (κ1) is 14.2. The van der Waals surface area contributed by atoms with Gasteiger partial charge >= 0.3 is 0 Å². The van der Waals surface area contributed by atoms with E-state index in [1.807, 2.05) is 30.3 Å². The van der Waals surface area contributed by atoms with Crippen molar-refractivity contribution < 1.29 is 14.3 Å². The van der Waals surface area contributed by atoms with Crippen LogP contribution in [-0.2, 0) is 9.59 Å². The molecule has 0 radical (unpaired) electrons. The van der Waals surface area contributed by atoms with Crippen LogP contribution in [0.5, 0.6) is 5.75 Å². The maximum atomic E-state index is 11.4. The number of carbonyl (C=O) groups excluding carboxylic acids is 2. The molecular formula is C14H19NO3. The minimum atomic E-state index is -0.0343. The number of hydrogen-bond acceptors (Lipinski definition) is 3. The fraction of sp³-hybridized carbons (Fsp3) is 0.429. The average molecular weight is 249 g/mol. The highest BCUT2D eigenvalue weighted by Crippen LogP contribution is 2.08. The molecule has 1 amide bonds. The number of benzene rings is 1. The number of Topliss-reactive ketones (excluding diaryl/α,β-unsaturated/α-hetero) is 1. The zero-order chi connectivity index (χ0) is 13.2. The lowest BCUT2D eigenvalue weighted by Crippen LogP contribution is -2.25. The van der Waals surface area contributed by atoms with E-state index in [0.717, 1.165) is 5.75 Å². The van der Waals surface area contributed by atoms with Gasteiger partial charge in [0.15, 0.2) is 0 Å². The summed E-state index contributed by atoms with van der Waals surface area (Å²) in [6, 6.07) is 9.50.